The lowest BCUT2D eigenvalue weighted by atomic mass is 9.97. The third-order valence-corrected chi connectivity index (χ3v) is 6.22. The van der Waals surface area contributed by atoms with Gasteiger partial charge >= 0.3 is 24.1 Å². The van der Waals surface area contributed by atoms with Crippen LogP contribution in [-0.2, 0) is 30.2 Å². The third kappa shape index (κ3) is 11.1. The summed E-state index contributed by atoms with van der Waals surface area (Å²) in [4.78, 5) is 65.5. The topological polar surface area (TPSA) is 126 Å². The number of methoxy groups -OCH3 is 1. The van der Waals surface area contributed by atoms with Crippen LogP contribution in [0.25, 0.3) is 0 Å². The molecule has 0 aliphatic rings. The summed E-state index contributed by atoms with van der Waals surface area (Å²) in [5.41, 5.74) is 0.149. The van der Waals surface area contributed by atoms with Gasteiger partial charge in [-0.05, 0) is 96.2 Å². The minimum atomic E-state index is -1.66. The zero-order valence-electron chi connectivity index (χ0n) is 27.4. The quantitative estimate of drug-likeness (QED) is 0.122. The average Bonchev–Trinajstić information content (AvgIpc) is 2.90. The zero-order chi connectivity index (χ0) is 33.4. The van der Waals surface area contributed by atoms with Crippen LogP contribution in [0.2, 0.25) is 0 Å². The minimum Gasteiger partial charge on any atom is -0.467 e. The van der Waals surface area contributed by atoms with E-state index in [0.717, 1.165) is 19.1 Å². The van der Waals surface area contributed by atoms with Crippen molar-refractivity contribution < 1.29 is 42.9 Å². The molecule has 0 saturated heterocycles. The monoisotopic (exact) mass is 611 g/mol. The number of Topliss-reactive ketones (excluding diaryl/α,β-unsaturated/α-hetero) is 1. The Morgan fingerprint density at radius 1 is 0.727 bits per heavy atom. The number of ketones is 1. The van der Waals surface area contributed by atoms with Crippen LogP contribution in [0, 0.1) is 5.92 Å². The maximum absolute atomic E-state index is 13.3. The van der Waals surface area contributed by atoms with Gasteiger partial charge < -0.3 is 18.9 Å². The molecule has 0 heterocycles. The highest BCUT2D eigenvalue weighted by Crippen LogP contribution is 2.24. The van der Waals surface area contributed by atoms with Crippen LogP contribution in [0.3, 0.4) is 0 Å². The average molecular weight is 612 g/mol. The van der Waals surface area contributed by atoms with Crippen molar-refractivity contribution in [2.45, 2.75) is 98.3 Å². The fourth-order valence-electron chi connectivity index (χ4n) is 4.12. The van der Waals surface area contributed by atoms with Gasteiger partial charge in [0.25, 0.3) is 0 Å². The molecule has 0 bridgehead atoms. The second kappa shape index (κ2) is 15.0. The number of ether oxygens (including phenoxy) is 4. The maximum atomic E-state index is 13.3. The summed E-state index contributed by atoms with van der Waals surface area (Å²) in [7, 11) is 1.08. The fourth-order valence-corrected chi connectivity index (χ4v) is 4.12. The first kappa shape index (κ1) is 36.0. The molecular weight excluding hydrogens is 566 g/mol. The molecule has 10 nitrogen and oxygen atoms in total. The fraction of sp³-hybridized carbons (Fsp3) is 0.500. The summed E-state index contributed by atoms with van der Waals surface area (Å²) in [5, 5.41) is 0. The van der Waals surface area contributed by atoms with Gasteiger partial charge in [0.2, 0.25) is 0 Å². The minimum absolute atomic E-state index is 0.154. The van der Waals surface area contributed by atoms with Gasteiger partial charge in [-0.1, -0.05) is 38.1 Å². The maximum Gasteiger partial charge on any atom is 0.420 e. The first-order chi connectivity index (χ1) is 20.3. The molecule has 10 heteroatoms. The van der Waals surface area contributed by atoms with E-state index in [-0.39, 0.29) is 11.3 Å². The van der Waals surface area contributed by atoms with Gasteiger partial charge in [-0.15, -0.1) is 0 Å². The Bertz CT molecular complexity index is 1290. The molecule has 2 aromatic rings. The summed E-state index contributed by atoms with van der Waals surface area (Å²) in [5.74, 6) is -1.81. The third-order valence-electron chi connectivity index (χ3n) is 6.22. The largest absolute Gasteiger partial charge is 0.467 e. The highest BCUT2D eigenvalue weighted by atomic mass is 16.6. The Morgan fingerprint density at radius 2 is 1.23 bits per heavy atom. The number of benzene rings is 2. The summed E-state index contributed by atoms with van der Waals surface area (Å²) < 4.78 is 21.0. The van der Waals surface area contributed by atoms with Crippen molar-refractivity contribution in [3.63, 3.8) is 0 Å². The van der Waals surface area contributed by atoms with E-state index in [1.54, 1.807) is 48.5 Å². The normalized spacial score (nSPS) is 13.0. The molecule has 2 unspecified atom stereocenters. The van der Waals surface area contributed by atoms with Crippen LogP contribution in [0.5, 0.6) is 5.75 Å². The number of carbonyl (C=O) groups is 5. The standard InChI is InChI=1S/C34H45NO9/c1-21(2)19-23-11-13-24(14-12-23)22(3)29(37)42-26-17-15-25(16-18-26)28(36)20-27(30(38)41-10)35(31(39)43-33(4,5)6)32(40)44-34(7,8)9/h11-18,21-22,27H,19-20H2,1-10H3. The molecule has 240 valence electrons. The summed E-state index contributed by atoms with van der Waals surface area (Å²) in [6.45, 7) is 15.6. The molecule has 44 heavy (non-hydrogen) atoms. The lowest BCUT2D eigenvalue weighted by molar-refractivity contribution is -0.146. The first-order valence-corrected chi connectivity index (χ1v) is 14.6. The van der Waals surface area contributed by atoms with Crippen molar-refractivity contribution >= 4 is 29.9 Å². The van der Waals surface area contributed by atoms with E-state index in [2.05, 4.69) is 13.8 Å². The Balaban J connectivity index is 2.22. The van der Waals surface area contributed by atoms with Crippen LogP contribution in [0.1, 0.15) is 96.1 Å². The SMILES string of the molecule is COC(=O)C(CC(=O)c1ccc(OC(=O)C(C)c2ccc(CC(C)C)cc2)cc1)N(C(=O)OC(C)(C)C)C(=O)OC(C)(C)C. The summed E-state index contributed by atoms with van der Waals surface area (Å²) in [6.07, 6.45) is -1.99. The van der Waals surface area contributed by atoms with Gasteiger partial charge in [0.15, 0.2) is 11.8 Å². The van der Waals surface area contributed by atoms with Crippen molar-refractivity contribution in [3.05, 3.63) is 65.2 Å². The number of carbonyl (C=O) groups excluding carboxylic acids is 5. The molecule has 0 fully saturated rings. The number of imide groups is 1. The van der Waals surface area contributed by atoms with E-state index in [4.69, 9.17) is 18.9 Å². The predicted octanol–water partition coefficient (Wildman–Crippen LogP) is 6.88. The van der Waals surface area contributed by atoms with Crippen LogP contribution in [-0.4, -0.2) is 59.2 Å². The van der Waals surface area contributed by atoms with Crippen LogP contribution in [0.15, 0.2) is 48.5 Å². The van der Waals surface area contributed by atoms with Crippen molar-refractivity contribution in [3.8, 4) is 5.75 Å². The van der Waals surface area contributed by atoms with E-state index in [1.807, 2.05) is 24.3 Å². The Hall–Kier alpha value is -4.21. The smallest absolute Gasteiger partial charge is 0.420 e. The number of hydrogen-bond donors (Lipinski definition) is 0. The summed E-state index contributed by atoms with van der Waals surface area (Å²) >= 11 is 0. The number of hydrogen-bond acceptors (Lipinski definition) is 9. The molecule has 0 aliphatic heterocycles. The lowest BCUT2D eigenvalue weighted by Crippen LogP contribution is -2.53. The van der Waals surface area contributed by atoms with Crippen molar-refractivity contribution in [1.29, 1.82) is 0 Å². The van der Waals surface area contributed by atoms with E-state index >= 15 is 0 Å². The van der Waals surface area contributed by atoms with E-state index in [1.165, 1.54) is 29.8 Å². The highest BCUT2D eigenvalue weighted by Gasteiger charge is 2.42. The molecule has 0 saturated carbocycles. The van der Waals surface area contributed by atoms with Gasteiger partial charge in [0, 0.05) is 12.0 Å². The first-order valence-electron chi connectivity index (χ1n) is 14.6. The van der Waals surface area contributed by atoms with Crippen LogP contribution >= 0.6 is 0 Å². The molecule has 2 aromatic carbocycles. The number of amides is 2. The summed E-state index contributed by atoms with van der Waals surface area (Å²) in [6, 6.07) is 11.9. The number of esters is 2. The van der Waals surface area contributed by atoms with Crippen molar-refractivity contribution in [2.75, 3.05) is 7.11 Å². The molecule has 2 atom stereocenters. The Morgan fingerprint density at radius 3 is 1.66 bits per heavy atom. The van der Waals surface area contributed by atoms with Gasteiger partial charge in [-0.2, -0.15) is 4.90 Å². The molecule has 0 radical (unpaired) electrons. The van der Waals surface area contributed by atoms with Gasteiger partial charge in [-0.25, -0.2) is 14.4 Å². The zero-order valence-corrected chi connectivity index (χ0v) is 27.4. The van der Waals surface area contributed by atoms with E-state index in [0.29, 0.717) is 10.8 Å². The van der Waals surface area contributed by atoms with E-state index in [9.17, 15) is 24.0 Å². The Kier molecular flexibility index (Phi) is 12.3. The second-order valence-corrected chi connectivity index (χ2v) is 13.0. The van der Waals surface area contributed by atoms with Crippen molar-refractivity contribution in [1.82, 2.24) is 4.90 Å². The second-order valence-electron chi connectivity index (χ2n) is 13.0. The number of rotatable bonds is 10. The van der Waals surface area contributed by atoms with Crippen LogP contribution in [0.4, 0.5) is 9.59 Å². The lowest BCUT2D eigenvalue weighted by Gasteiger charge is -2.32. The van der Waals surface area contributed by atoms with Gasteiger partial charge in [0.05, 0.1) is 13.0 Å². The predicted molar refractivity (Wildman–Crippen MR) is 165 cm³/mol. The highest BCUT2D eigenvalue weighted by molar-refractivity contribution is 6.02. The molecule has 2 amide bonds. The van der Waals surface area contributed by atoms with Gasteiger partial charge in [-0.3, -0.25) is 9.59 Å². The molecule has 0 aliphatic carbocycles. The molecule has 2 rings (SSSR count). The van der Waals surface area contributed by atoms with E-state index < -0.39 is 59.5 Å². The van der Waals surface area contributed by atoms with Crippen LogP contribution < -0.4 is 4.74 Å². The van der Waals surface area contributed by atoms with Gasteiger partial charge in [0.1, 0.15) is 17.0 Å². The van der Waals surface area contributed by atoms with Crippen molar-refractivity contribution in [2.24, 2.45) is 5.92 Å². The number of nitrogens with zero attached hydrogens (tertiary/aromatic N) is 1. The molecule has 0 N–H and O–H groups in total. The molecular formula is C34H45NO9. The Labute approximate surface area is 260 Å². The molecule has 0 spiro atoms. The molecule has 0 aromatic heterocycles.